The van der Waals surface area contributed by atoms with Crippen molar-refractivity contribution in [3.8, 4) is 0 Å². The molecular formula is C10H16N2O2. The van der Waals surface area contributed by atoms with Gasteiger partial charge in [0, 0.05) is 19.7 Å². The molecule has 0 bridgehead atoms. The summed E-state index contributed by atoms with van der Waals surface area (Å²) in [4.78, 5) is 14.8. The quantitative estimate of drug-likeness (QED) is 0.795. The molecule has 0 unspecified atom stereocenters. The van der Waals surface area contributed by atoms with Crippen LogP contribution in [0.5, 0.6) is 0 Å². The van der Waals surface area contributed by atoms with E-state index in [9.17, 15) is 4.79 Å². The first-order chi connectivity index (χ1) is 6.50. The summed E-state index contributed by atoms with van der Waals surface area (Å²) in [6.45, 7) is 4.15. The van der Waals surface area contributed by atoms with Gasteiger partial charge in [-0.15, -0.1) is 0 Å². The van der Waals surface area contributed by atoms with Crippen LogP contribution in [0.4, 0.5) is 0 Å². The zero-order valence-corrected chi connectivity index (χ0v) is 8.82. The van der Waals surface area contributed by atoms with Crippen molar-refractivity contribution in [3.05, 3.63) is 17.7 Å². The summed E-state index contributed by atoms with van der Waals surface area (Å²) in [5.41, 5.74) is 1.02. The number of carboxylic acid groups (broad SMARTS) is 1. The van der Waals surface area contributed by atoms with Gasteiger partial charge in [-0.25, -0.2) is 4.98 Å². The molecule has 1 heterocycles. The monoisotopic (exact) mass is 196 g/mol. The molecule has 0 fully saturated rings. The van der Waals surface area contributed by atoms with E-state index in [0.29, 0.717) is 12.3 Å². The van der Waals surface area contributed by atoms with Crippen LogP contribution in [0.2, 0.25) is 0 Å². The van der Waals surface area contributed by atoms with Crippen molar-refractivity contribution < 1.29 is 9.90 Å². The average Bonchev–Trinajstić information content (AvgIpc) is 2.43. The van der Waals surface area contributed by atoms with Gasteiger partial charge in [-0.05, 0) is 5.92 Å². The maximum Gasteiger partial charge on any atom is 0.303 e. The molecule has 0 aliphatic rings. The second-order valence-electron chi connectivity index (χ2n) is 3.74. The number of aryl methyl sites for hydroxylation is 2. The molecule has 0 amide bonds. The van der Waals surface area contributed by atoms with Gasteiger partial charge in [0.15, 0.2) is 0 Å². The van der Waals surface area contributed by atoms with E-state index in [4.69, 9.17) is 5.11 Å². The van der Waals surface area contributed by atoms with Gasteiger partial charge in [-0.1, -0.05) is 13.8 Å². The van der Waals surface area contributed by atoms with Crippen LogP contribution >= 0.6 is 0 Å². The Hall–Kier alpha value is -1.32. The Balaban J connectivity index is 2.72. The number of aromatic nitrogens is 2. The third-order valence-corrected chi connectivity index (χ3v) is 2.15. The Morgan fingerprint density at radius 2 is 2.29 bits per heavy atom. The van der Waals surface area contributed by atoms with E-state index in [2.05, 4.69) is 18.8 Å². The number of carboxylic acids is 1. The minimum atomic E-state index is -0.779. The molecule has 0 radical (unpaired) electrons. The molecule has 1 aromatic heterocycles. The van der Waals surface area contributed by atoms with Crippen molar-refractivity contribution in [2.45, 2.75) is 32.6 Å². The third-order valence-electron chi connectivity index (χ3n) is 2.15. The third kappa shape index (κ3) is 2.58. The molecule has 1 aromatic rings. The Labute approximate surface area is 83.6 Å². The molecule has 0 aliphatic carbocycles. The van der Waals surface area contributed by atoms with Crippen LogP contribution in [0.15, 0.2) is 6.20 Å². The molecule has 0 saturated carbocycles. The van der Waals surface area contributed by atoms with E-state index in [0.717, 1.165) is 11.5 Å². The smallest absolute Gasteiger partial charge is 0.303 e. The molecule has 0 aromatic carbocycles. The summed E-state index contributed by atoms with van der Waals surface area (Å²) < 4.78 is 1.90. The van der Waals surface area contributed by atoms with Gasteiger partial charge < -0.3 is 9.67 Å². The highest BCUT2D eigenvalue weighted by atomic mass is 16.4. The lowest BCUT2D eigenvalue weighted by molar-refractivity contribution is -0.137. The van der Waals surface area contributed by atoms with Crippen molar-refractivity contribution in [2.75, 3.05) is 0 Å². The van der Waals surface area contributed by atoms with Gasteiger partial charge in [0.2, 0.25) is 0 Å². The molecule has 78 valence electrons. The molecule has 4 heteroatoms. The molecule has 0 spiro atoms. The fourth-order valence-corrected chi connectivity index (χ4v) is 1.26. The lowest BCUT2D eigenvalue weighted by Crippen LogP contribution is -2.02. The topological polar surface area (TPSA) is 55.1 Å². The van der Waals surface area contributed by atoms with Crippen LogP contribution in [-0.4, -0.2) is 20.6 Å². The number of carbonyl (C=O) groups is 1. The lowest BCUT2D eigenvalue weighted by atomic mass is 10.2. The predicted octanol–water partition coefficient (Wildman–Crippen LogP) is 1.56. The summed E-state index contributed by atoms with van der Waals surface area (Å²) in [5, 5.41) is 8.54. The van der Waals surface area contributed by atoms with Crippen molar-refractivity contribution in [1.82, 2.24) is 9.55 Å². The maximum atomic E-state index is 10.4. The number of nitrogens with zero attached hydrogens (tertiary/aromatic N) is 2. The van der Waals surface area contributed by atoms with Crippen LogP contribution in [0.3, 0.4) is 0 Å². The normalized spacial score (nSPS) is 10.9. The van der Waals surface area contributed by atoms with E-state index in [1.165, 1.54) is 0 Å². The molecule has 0 atom stereocenters. The number of hydrogen-bond acceptors (Lipinski definition) is 2. The largest absolute Gasteiger partial charge is 0.481 e. The summed E-state index contributed by atoms with van der Waals surface area (Å²) in [6, 6.07) is 0. The van der Waals surface area contributed by atoms with E-state index < -0.39 is 5.97 Å². The van der Waals surface area contributed by atoms with Gasteiger partial charge in [-0.3, -0.25) is 4.79 Å². The Morgan fingerprint density at radius 1 is 1.64 bits per heavy atom. The first-order valence-electron chi connectivity index (χ1n) is 4.74. The second kappa shape index (κ2) is 4.26. The van der Waals surface area contributed by atoms with Crippen LogP contribution in [0.1, 0.15) is 37.7 Å². The van der Waals surface area contributed by atoms with Gasteiger partial charge in [0.05, 0.1) is 12.1 Å². The molecule has 4 nitrogen and oxygen atoms in total. The highest BCUT2D eigenvalue weighted by Gasteiger charge is 2.09. The molecular weight excluding hydrogens is 180 g/mol. The predicted molar refractivity (Wildman–Crippen MR) is 53.3 cm³/mol. The number of hydrogen-bond donors (Lipinski definition) is 1. The van der Waals surface area contributed by atoms with Gasteiger partial charge in [-0.2, -0.15) is 0 Å². The average molecular weight is 196 g/mol. The first-order valence-corrected chi connectivity index (χ1v) is 4.74. The van der Waals surface area contributed by atoms with E-state index >= 15 is 0 Å². The molecule has 0 saturated heterocycles. The van der Waals surface area contributed by atoms with Gasteiger partial charge >= 0.3 is 5.97 Å². The van der Waals surface area contributed by atoms with Gasteiger partial charge in [0.25, 0.3) is 0 Å². The van der Waals surface area contributed by atoms with Crippen LogP contribution in [0.25, 0.3) is 0 Å². The van der Waals surface area contributed by atoms with Crippen LogP contribution in [-0.2, 0) is 18.3 Å². The number of imidazole rings is 1. The van der Waals surface area contributed by atoms with Crippen LogP contribution < -0.4 is 0 Å². The SMILES string of the molecule is CC(C)c1cn(C)c(CCC(=O)O)n1. The van der Waals surface area contributed by atoms with E-state index in [-0.39, 0.29) is 6.42 Å². The summed E-state index contributed by atoms with van der Waals surface area (Å²) in [7, 11) is 1.90. The standard InChI is InChI=1S/C10H16N2O2/c1-7(2)8-6-12(3)9(11-8)4-5-10(13)14/h6-7H,4-5H2,1-3H3,(H,13,14). The zero-order valence-electron chi connectivity index (χ0n) is 8.82. The first kappa shape index (κ1) is 10.8. The summed E-state index contributed by atoms with van der Waals surface area (Å²) in [5.74, 6) is 0.454. The fraction of sp³-hybridized carbons (Fsp3) is 0.600. The highest BCUT2D eigenvalue weighted by molar-refractivity contribution is 5.66. The minimum Gasteiger partial charge on any atom is -0.481 e. The molecule has 1 N–H and O–H groups in total. The minimum absolute atomic E-state index is 0.141. The summed E-state index contributed by atoms with van der Waals surface area (Å²) >= 11 is 0. The summed E-state index contributed by atoms with van der Waals surface area (Å²) in [6.07, 6.45) is 2.60. The molecule has 14 heavy (non-hydrogen) atoms. The second-order valence-corrected chi connectivity index (χ2v) is 3.74. The number of aliphatic carboxylic acids is 1. The van der Waals surface area contributed by atoms with E-state index in [1.54, 1.807) is 0 Å². The Bertz CT molecular complexity index is 329. The van der Waals surface area contributed by atoms with Gasteiger partial charge in [0.1, 0.15) is 5.82 Å². The fourth-order valence-electron chi connectivity index (χ4n) is 1.26. The van der Waals surface area contributed by atoms with Crippen molar-refractivity contribution in [2.24, 2.45) is 7.05 Å². The highest BCUT2D eigenvalue weighted by Crippen LogP contribution is 2.13. The number of rotatable bonds is 4. The maximum absolute atomic E-state index is 10.4. The lowest BCUT2D eigenvalue weighted by Gasteiger charge is -1.97. The van der Waals surface area contributed by atoms with Crippen LogP contribution in [0, 0.1) is 0 Å². The molecule has 0 aliphatic heterocycles. The van der Waals surface area contributed by atoms with Crippen molar-refractivity contribution >= 4 is 5.97 Å². The van der Waals surface area contributed by atoms with Crippen molar-refractivity contribution in [1.29, 1.82) is 0 Å². The Kier molecular flexibility index (Phi) is 3.28. The van der Waals surface area contributed by atoms with Crippen molar-refractivity contribution in [3.63, 3.8) is 0 Å². The Morgan fingerprint density at radius 3 is 2.71 bits per heavy atom. The van der Waals surface area contributed by atoms with E-state index in [1.807, 2.05) is 17.8 Å². The zero-order chi connectivity index (χ0) is 10.7. The molecule has 1 rings (SSSR count).